The Kier molecular flexibility index (Phi) is 3.86. The average Bonchev–Trinajstić information content (AvgIpc) is 2.83. The van der Waals surface area contributed by atoms with Crippen molar-refractivity contribution in [2.75, 3.05) is 0 Å². The third-order valence-corrected chi connectivity index (χ3v) is 5.38. The molecular formula is C14H14N4OS2. The molecule has 0 aliphatic carbocycles. The quantitative estimate of drug-likeness (QED) is 0.909. The lowest BCUT2D eigenvalue weighted by Crippen LogP contribution is -2.33. The molecule has 0 radical (unpaired) electrons. The van der Waals surface area contributed by atoms with Crippen LogP contribution in [0.15, 0.2) is 28.3 Å². The molecule has 0 spiro atoms. The molecule has 0 unspecified atom stereocenters. The molecule has 0 bridgehead atoms. The van der Waals surface area contributed by atoms with E-state index in [0.29, 0.717) is 5.17 Å². The largest absolute Gasteiger partial charge is 0.286 e. The molecule has 0 atom stereocenters. The van der Waals surface area contributed by atoms with E-state index in [2.05, 4.69) is 42.1 Å². The van der Waals surface area contributed by atoms with Gasteiger partial charge in [-0.15, -0.1) is 0 Å². The summed E-state index contributed by atoms with van der Waals surface area (Å²) in [5, 5.41) is 14.1. The maximum Gasteiger partial charge on any atom is 0.255 e. The van der Waals surface area contributed by atoms with Crippen LogP contribution in [0.3, 0.4) is 0 Å². The number of hydrogen-bond donors (Lipinski definition) is 1. The zero-order valence-corrected chi connectivity index (χ0v) is 13.3. The minimum Gasteiger partial charge on any atom is -0.286 e. The lowest BCUT2D eigenvalue weighted by molar-refractivity contribution is -0.117. The van der Waals surface area contributed by atoms with E-state index in [4.69, 9.17) is 5.41 Å². The minimum atomic E-state index is -0.269. The van der Waals surface area contributed by atoms with Crippen LogP contribution in [0.5, 0.6) is 0 Å². The summed E-state index contributed by atoms with van der Waals surface area (Å²) in [6.07, 6.45) is 0.0304. The summed E-state index contributed by atoms with van der Waals surface area (Å²) in [6, 6.07) is 6.42. The highest BCUT2D eigenvalue weighted by molar-refractivity contribution is 8.45. The Labute approximate surface area is 131 Å². The summed E-state index contributed by atoms with van der Waals surface area (Å²) in [4.78, 5) is 15.3. The molecule has 0 aromatic heterocycles. The van der Waals surface area contributed by atoms with E-state index in [1.54, 1.807) is 11.8 Å². The molecule has 0 saturated heterocycles. The number of thioether (sulfide) groups is 2. The van der Waals surface area contributed by atoms with Crippen LogP contribution < -0.4 is 0 Å². The van der Waals surface area contributed by atoms with Gasteiger partial charge in [-0.1, -0.05) is 30.0 Å². The fraction of sp³-hybridized carbons (Fsp3) is 0.286. The van der Waals surface area contributed by atoms with E-state index in [9.17, 15) is 4.79 Å². The van der Waals surface area contributed by atoms with Crippen molar-refractivity contribution in [3.05, 3.63) is 34.9 Å². The number of aryl methyl sites for hydroxylation is 2. The topological polar surface area (TPSA) is 68.9 Å². The predicted molar refractivity (Wildman–Crippen MR) is 88.9 cm³/mol. The standard InChI is InChI=1S/C14H14N4OS2/c1-8-3-4-10(5-9(8)2)7-20-14-17-18-11(15)6-12(19)16-13(18)21-14/h3-5,15H,6-7H2,1-2H3. The van der Waals surface area contributed by atoms with Gasteiger partial charge in [0, 0.05) is 5.75 Å². The van der Waals surface area contributed by atoms with Crippen LogP contribution in [0.4, 0.5) is 0 Å². The van der Waals surface area contributed by atoms with Gasteiger partial charge in [0.25, 0.3) is 5.91 Å². The summed E-state index contributed by atoms with van der Waals surface area (Å²) < 4.78 is 0.825. The molecule has 3 rings (SSSR count). The molecule has 5 nitrogen and oxygen atoms in total. The van der Waals surface area contributed by atoms with Gasteiger partial charge in [-0.05, 0) is 42.3 Å². The molecule has 0 saturated carbocycles. The molecule has 7 heteroatoms. The molecule has 1 amide bonds. The lowest BCUT2D eigenvalue weighted by atomic mass is 10.1. The first-order valence-electron chi connectivity index (χ1n) is 6.47. The SMILES string of the molecule is Cc1ccc(CSC2=NN3C(=N)CC(=O)N=C3S2)cc1C. The van der Waals surface area contributed by atoms with Crippen molar-refractivity contribution in [2.24, 2.45) is 10.1 Å². The first kappa shape index (κ1) is 14.3. The minimum absolute atomic E-state index is 0.0304. The number of nitrogens with zero attached hydrogens (tertiary/aromatic N) is 3. The fourth-order valence-corrected chi connectivity index (χ4v) is 3.88. The number of carbonyl (C=O) groups is 1. The van der Waals surface area contributed by atoms with Gasteiger partial charge >= 0.3 is 0 Å². The van der Waals surface area contributed by atoms with Gasteiger partial charge in [-0.2, -0.15) is 15.1 Å². The summed E-state index contributed by atoms with van der Waals surface area (Å²) in [5.41, 5.74) is 3.81. The second-order valence-electron chi connectivity index (χ2n) is 4.90. The van der Waals surface area contributed by atoms with Crippen LogP contribution in [0.1, 0.15) is 23.1 Å². The van der Waals surface area contributed by atoms with E-state index in [-0.39, 0.29) is 18.2 Å². The number of amides is 1. The third-order valence-electron chi connectivity index (χ3n) is 3.27. The van der Waals surface area contributed by atoms with Crippen LogP contribution in [0.25, 0.3) is 0 Å². The van der Waals surface area contributed by atoms with E-state index >= 15 is 0 Å². The van der Waals surface area contributed by atoms with E-state index < -0.39 is 0 Å². The Hall–Kier alpha value is -1.60. The molecule has 2 aliphatic heterocycles. The number of aliphatic imine (C=N–C) groups is 1. The van der Waals surface area contributed by atoms with Gasteiger partial charge in [0.05, 0.1) is 6.42 Å². The smallest absolute Gasteiger partial charge is 0.255 e. The second kappa shape index (κ2) is 5.65. The molecule has 21 heavy (non-hydrogen) atoms. The number of amidine groups is 2. The van der Waals surface area contributed by atoms with Gasteiger partial charge in [0.15, 0.2) is 4.38 Å². The molecule has 0 fully saturated rings. The zero-order valence-electron chi connectivity index (χ0n) is 11.7. The normalized spacial score (nSPS) is 17.7. The number of benzene rings is 1. The zero-order chi connectivity index (χ0) is 15.0. The van der Waals surface area contributed by atoms with Gasteiger partial charge in [0.1, 0.15) is 5.84 Å². The molecule has 1 aromatic carbocycles. The van der Waals surface area contributed by atoms with Crippen molar-refractivity contribution in [1.29, 1.82) is 5.41 Å². The molecule has 108 valence electrons. The number of hydrogen-bond acceptors (Lipinski definition) is 5. The van der Waals surface area contributed by atoms with Gasteiger partial charge in [0.2, 0.25) is 5.17 Å². The Morgan fingerprint density at radius 1 is 1.38 bits per heavy atom. The maximum atomic E-state index is 11.3. The highest BCUT2D eigenvalue weighted by Gasteiger charge is 2.32. The van der Waals surface area contributed by atoms with E-state index in [1.807, 2.05) is 0 Å². The first-order valence-corrected chi connectivity index (χ1v) is 8.27. The molecule has 1 aromatic rings. The van der Waals surface area contributed by atoms with Gasteiger partial charge < -0.3 is 0 Å². The first-order chi connectivity index (χ1) is 10.0. The monoisotopic (exact) mass is 318 g/mol. The summed E-state index contributed by atoms with van der Waals surface area (Å²) >= 11 is 2.96. The molecule has 2 aliphatic rings. The highest BCUT2D eigenvalue weighted by atomic mass is 32.2. The maximum absolute atomic E-state index is 11.3. The van der Waals surface area contributed by atoms with Gasteiger partial charge in [-0.25, -0.2) is 0 Å². The Balaban J connectivity index is 1.68. The summed E-state index contributed by atoms with van der Waals surface area (Å²) in [6.45, 7) is 4.20. The highest BCUT2D eigenvalue weighted by Crippen LogP contribution is 2.32. The Bertz CT molecular complexity index is 696. The van der Waals surface area contributed by atoms with Crippen LogP contribution >= 0.6 is 23.5 Å². The number of fused-ring (bicyclic) bond motifs is 1. The van der Waals surface area contributed by atoms with E-state index in [1.165, 1.54) is 33.5 Å². The van der Waals surface area contributed by atoms with Crippen molar-refractivity contribution in [3.8, 4) is 0 Å². The fourth-order valence-electron chi connectivity index (χ4n) is 1.97. The second-order valence-corrected chi connectivity index (χ2v) is 7.08. The van der Waals surface area contributed by atoms with Crippen molar-refractivity contribution < 1.29 is 4.79 Å². The molecule has 2 heterocycles. The molecular weight excluding hydrogens is 304 g/mol. The van der Waals surface area contributed by atoms with Crippen molar-refractivity contribution in [1.82, 2.24) is 5.01 Å². The van der Waals surface area contributed by atoms with E-state index in [0.717, 1.165) is 10.1 Å². The average molecular weight is 318 g/mol. The number of nitrogens with one attached hydrogen (secondary N) is 1. The van der Waals surface area contributed by atoms with Crippen LogP contribution in [0, 0.1) is 19.3 Å². The van der Waals surface area contributed by atoms with Crippen LogP contribution in [0.2, 0.25) is 0 Å². The van der Waals surface area contributed by atoms with Crippen molar-refractivity contribution in [2.45, 2.75) is 26.0 Å². The molecule has 1 N–H and O–H groups in total. The number of hydrazone groups is 1. The van der Waals surface area contributed by atoms with Crippen molar-refractivity contribution in [3.63, 3.8) is 0 Å². The van der Waals surface area contributed by atoms with Crippen molar-refractivity contribution >= 4 is 44.8 Å². The third kappa shape index (κ3) is 3.03. The Morgan fingerprint density at radius 3 is 2.95 bits per heavy atom. The van der Waals surface area contributed by atoms with Crippen LogP contribution in [-0.4, -0.2) is 26.3 Å². The summed E-state index contributed by atoms with van der Waals surface area (Å²) in [7, 11) is 0. The lowest BCUT2D eigenvalue weighted by Gasteiger charge is -2.17. The number of carbonyl (C=O) groups excluding carboxylic acids is 1. The van der Waals surface area contributed by atoms with Crippen LogP contribution in [-0.2, 0) is 10.5 Å². The van der Waals surface area contributed by atoms with Gasteiger partial charge in [-0.3, -0.25) is 10.2 Å². The Morgan fingerprint density at radius 2 is 2.19 bits per heavy atom. The summed E-state index contributed by atoms with van der Waals surface area (Å²) in [5.74, 6) is 0.740. The predicted octanol–water partition coefficient (Wildman–Crippen LogP) is 3.12. The number of rotatable bonds is 2.